The summed E-state index contributed by atoms with van der Waals surface area (Å²) in [5.41, 5.74) is 0.224. The predicted octanol–water partition coefficient (Wildman–Crippen LogP) is 3.64. The first-order chi connectivity index (χ1) is 8.97. The number of hydrogen-bond donors (Lipinski definition) is 1. The molecule has 2 rings (SSSR count). The summed E-state index contributed by atoms with van der Waals surface area (Å²) in [4.78, 5) is 14.4. The lowest BCUT2D eigenvalue weighted by Gasteiger charge is -2.12. The normalized spacial score (nSPS) is 12.2. The highest BCUT2D eigenvalue weighted by atomic mass is 35.5. The van der Waals surface area contributed by atoms with E-state index < -0.39 is 0 Å². The third-order valence-corrected chi connectivity index (χ3v) is 4.15. The summed E-state index contributed by atoms with van der Waals surface area (Å²) in [5.74, 6) is -0.319. The van der Waals surface area contributed by atoms with Crippen molar-refractivity contribution in [1.82, 2.24) is 15.5 Å². The molecule has 0 aromatic carbocycles. The molecule has 0 saturated heterocycles. The molecule has 0 aliphatic rings. The molecule has 0 saturated carbocycles. The van der Waals surface area contributed by atoms with Gasteiger partial charge in [-0.3, -0.25) is 4.79 Å². The molecule has 0 aliphatic carbocycles. The van der Waals surface area contributed by atoms with Gasteiger partial charge in [-0.1, -0.05) is 23.2 Å². The lowest BCUT2D eigenvalue weighted by molar-refractivity contribution is 0.0940. The molecule has 1 atom stereocenters. The predicted molar refractivity (Wildman–Crippen MR) is 77.0 cm³/mol. The first-order valence-corrected chi connectivity index (χ1v) is 7.10. The van der Waals surface area contributed by atoms with E-state index in [1.807, 2.05) is 26.0 Å². The summed E-state index contributed by atoms with van der Waals surface area (Å²) >= 11 is 13.2. The van der Waals surface area contributed by atoms with Crippen LogP contribution in [0.25, 0.3) is 0 Å². The van der Waals surface area contributed by atoms with Gasteiger partial charge in [0.15, 0.2) is 10.3 Å². The smallest absolute Gasteiger partial charge is 0.255 e. The quantitative estimate of drug-likeness (QED) is 0.940. The van der Waals surface area contributed by atoms with E-state index in [2.05, 4.69) is 15.5 Å². The molecule has 2 aromatic rings. The van der Waals surface area contributed by atoms with Crippen LogP contribution in [0.3, 0.4) is 0 Å². The van der Waals surface area contributed by atoms with Crippen LogP contribution < -0.4 is 5.32 Å². The van der Waals surface area contributed by atoms with Crippen molar-refractivity contribution >= 4 is 40.4 Å². The fourth-order valence-corrected chi connectivity index (χ4v) is 2.75. The molecule has 0 aliphatic heterocycles. The van der Waals surface area contributed by atoms with Gasteiger partial charge < -0.3 is 5.32 Å². The van der Waals surface area contributed by atoms with Gasteiger partial charge in [0.25, 0.3) is 5.91 Å². The summed E-state index contributed by atoms with van der Waals surface area (Å²) in [5, 5.41) is 10.2. The van der Waals surface area contributed by atoms with Gasteiger partial charge in [-0.15, -0.1) is 21.5 Å². The van der Waals surface area contributed by atoms with E-state index >= 15 is 0 Å². The molecule has 0 spiro atoms. The molecule has 1 N–H and O–H groups in total. The van der Waals surface area contributed by atoms with Crippen LogP contribution in [0.4, 0.5) is 0 Å². The summed E-state index contributed by atoms with van der Waals surface area (Å²) in [6.45, 7) is 3.93. The summed E-state index contributed by atoms with van der Waals surface area (Å²) < 4.78 is 0. The Morgan fingerprint density at radius 3 is 2.74 bits per heavy atom. The van der Waals surface area contributed by atoms with Gasteiger partial charge in [0.2, 0.25) is 0 Å². The minimum absolute atomic E-state index is 0.0384. The first kappa shape index (κ1) is 14.2. The summed E-state index contributed by atoms with van der Waals surface area (Å²) in [6, 6.07) is 5.30. The molecule has 7 heteroatoms. The van der Waals surface area contributed by atoms with Crippen LogP contribution in [0.5, 0.6) is 0 Å². The van der Waals surface area contributed by atoms with Crippen molar-refractivity contribution in [3.05, 3.63) is 43.8 Å². The third kappa shape index (κ3) is 3.43. The van der Waals surface area contributed by atoms with E-state index in [0.717, 1.165) is 4.88 Å². The zero-order valence-corrected chi connectivity index (χ0v) is 12.6. The topological polar surface area (TPSA) is 54.9 Å². The van der Waals surface area contributed by atoms with Crippen molar-refractivity contribution in [1.29, 1.82) is 0 Å². The van der Waals surface area contributed by atoms with E-state index in [0.29, 0.717) is 0 Å². The maximum absolute atomic E-state index is 12.1. The molecule has 100 valence electrons. The first-order valence-electron chi connectivity index (χ1n) is 5.53. The zero-order chi connectivity index (χ0) is 14.0. The maximum Gasteiger partial charge on any atom is 0.255 e. The number of nitrogens with one attached hydrogen (secondary N) is 1. The average molecular weight is 316 g/mol. The van der Waals surface area contributed by atoms with Gasteiger partial charge in [-0.05, 0) is 32.0 Å². The molecule has 4 nitrogen and oxygen atoms in total. The number of halogens is 2. The minimum atomic E-state index is -0.319. The molecule has 0 bridgehead atoms. The van der Waals surface area contributed by atoms with Crippen molar-refractivity contribution < 1.29 is 4.79 Å². The van der Waals surface area contributed by atoms with Crippen LogP contribution in [-0.4, -0.2) is 16.1 Å². The number of amides is 1. The standard InChI is InChI=1S/C12H11Cl2N3OS/c1-6-3-4-9(19-6)7(2)15-12(18)8-5-10(13)16-17-11(8)14/h3-5,7H,1-2H3,(H,15,18). The Morgan fingerprint density at radius 1 is 1.37 bits per heavy atom. The number of rotatable bonds is 3. The fourth-order valence-electron chi connectivity index (χ4n) is 1.54. The van der Waals surface area contributed by atoms with Crippen LogP contribution in [0.15, 0.2) is 18.2 Å². The third-order valence-electron chi connectivity index (χ3n) is 2.50. The van der Waals surface area contributed by atoms with Gasteiger partial charge in [-0.2, -0.15) is 0 Å². The number of carbonyl (C=O) groups is 1. The second-order valence-corrected chi connectivity index (χ2v) is 6.08. The number of thiophene rings is 1. The van der Waals surface area contributed by atoms with Crippen LogP contribution >= 0.6 is 34.5 Å². The van der Waals surface area contributed by atoms with Crippen LogP contribution in [0.2, 0.25) is 10.3 Å². The van der Waals surface area contributed by atoms with Gasteiger partial charge in [0.1, 0.15) is 0 Å². The van der Waals surface area contributed by atoms with Crippen LogP contribution in [0.1, 0.15) is 33.1 Å². The number of carbonyl (C=O) groups excluding carboxylic acids is 1. The van der Waals surface area contributed by atoms with E-state index in [9.17, 15) is 4.79 Å². The summed E-state index contributed by atoms with van der Waals surface area (Å²) in [6.07, 6.45) is 0. The van der Waals surface area contributed by atoms with Gasteiger partial charge in [0, 0.05) is 9.75 Å². The summed E-state index contributed by atoms with van der Waals surface area (Å²) in [7, 11) is 0. The molecule has 1 amide bonds. The number of nitrogens with zero attached hydrogens (tertiary/aromatic N) is 2. The molecule has 0 radical (unpaired) electrons. The molecule has 19 heavy (non-hydrogen) atoms. The highest BCUT2D eigenvalue weighted by Gasteiger charge is 2.17. The highest BCUT2D eigenvalue weighted by molar-refractivity contribution is 7.12. The van der Waals surface area contributed by atoms with Crippen LogP contribution in [0, 0.1) is 6.92 Å². The lowest BCUT2D eigenvalue weighted by Crippen LogP contribution is -2.26. The van der Waals surface area contributed by atoms with E-state index in [4.69, 9.17) is 23.2 Å². The van der Waals surface area contributed by atoms with E-state index in [1.165, 1.54) is 10.9 Å². The monoisotopic (exact) mass is 315 g/mol. The van der Waals surface area contributed by atoms with Crippen molar-refractivity contribution in [3.8, 4) is 0 Å². The second-order valence-electron chi connectivity index (χ2n) is 4.02. The van der Waals surface area contributed by atoms with Gasteiger partial charge in [0.05, 0.1) is 11.6 Å². The van der Waals surface area contributed by atoms with Crippen LogP contribution in [-0.2, 0) is 0 Å². The highest BCUT2D eigenvalue weighted by Crippen LogP contribution is 2.23. The average Bonchev–Trinajstić information content (AvgIpc) is 2.79. The largest absolute Gasteiger partial charge is 0.345 e. The van der Waals surface area contributed by atoms with Crippen molar-refractivity contribution in [2.24, 2.45) is 0 Å². The number of aryl methyl sites for hydroxylation is 1. The Balaban J connectivity index is 2.15. The van der Waals surface area contributed by atoms with E-state index in [-0.39, 0.29) is 27.8 Å². The zero-order valence-electron chi connectivity index (χ0n) is 10.3. The van der Waals surface area contributed by atoms with Crippen molar-refractivity contribution in [3.63, 3.8) is 0 Å². The Hall–Kier alpha value is -1.17. The Morgan fingerprint density at radius 2 is 2.11 bits per heavy atom. The lowest BCUT2D eigenvalue weighted by atomic mass is 10.2. The van der Waals surface area contributed by atoms with Crippen molar-refractivity contribution in [2.75, 3.05) is 0 Å². The molecule has 2 aromatic heterocycles. The molecule has 0 fully saturated rings. The molecular weight excluding hydrogens is 305 g/mol. The minimum Gasteiger partial charge on any atom is -0.345 e. The molecular formula is C12H11Cl2N3OS. The van der Waals surface area contributed by atoms with Gasteiger partial charge >= 0.3 is 0 Å². The SMILES string of the molecule is Cc1ccc(C(C)NC(=O)c2cc(Cl)nnc2Cl)s1. The van der Waals surface area contributed by atoms with Crippen molar-refractivity contribution in [2.45, 2.75) is 19.9 Å². The molecule has 1 unspecified atom stereocenters. The molecule has 2 heterocycles. The Labute approximate surface area is 124 Å². The second kappa shape index (κ2) is 5.86. The number of aromatic nitrogens is 2. The Bertz CT molecular complexity index is 615. The van der Waals surface area contributed by atoms with E-state index in [1.54, 1.807) is 11.3 Å². The Kier molecular flexibility index (Phi) is 4.39. The fraction of sp³-hybridized carbons (Fsp3) is 0.250. The maximum atomic E-state index is 12.1. The number of hydrogen-bond acceptors (Lipinski definition) is 4. The van der Waals surface area contributed by atoms with Gasteiger partial charge in [-0.25, -0.2) is 0 Å².